The maximum absolute atomic E-state index is 14.5. The Morgan fingerprint density at radius 3 is 2.09 bits per heavy atom. The van der Waals surface area contributed by atoms with Crippen LogP contribution in [0.3, 0.4) is 0 Å². The molecule has 3 aromatic rings. The standard InChI is InChI=1S/C22H15Cl3F4N2O3/c1-34-31-17-4-2-3-14(18(17)26)20(32)30-19-15(24)9-12(10-16(19)25)21(33,22(27,28)29)11-5-7-13(23)8-6-11/h2-10,31,33H,1H3,(H,30,32). The number of rotatable bonds is 6. The van der Waals surface area contributed by atoms with E-state index in [4.69, 9.17) is 34.8 Å². The average molecular weight is 538 g/mol. The Bertz CT molecular complexity index is 1200. The first-order chi connectivity index (χ1) is 15.9. The molecule has 3 aromatic carbocycles. The summed E-state index contributed by atoms with van der Waals surface area (Å²) in [7, 11) is 1.25. The smallest absolute Gasteiger partial charge is 0.372 e. The number of anilines is 2. The zero-order chi connectivity index (χ0) is 25.3. The monoisotopic (exact) mass is 536 g/mol. The first-order valence-corrected chi connectivity index (χ1v) is 10.5. The fraction of sp³-hybridized carbons (Fsp3) is 0.136. The Balaban J connectivity index is 2.02. The summed E-state index contributed by atoms with van der Waals surface area (Å²) in [5, 5.41) is 12.4. The van der Waals surface area contributed by atoms with Gasteiger partial charge in [-0.05, 0) is 42.0 Å². The van der Waals surface area contributed by atoms with Gasteiger partial charge in [0.05, 0.1) is 34.1 Å². The van der Waals surface area contributed by atoms with E-state index in [2.05, 4.69) is 15.6 Å². The van der Waals surface area contributed by atoms with Gasteiger partial charge < -0.3 is 10.4 Å². The highest BCUT2D eigenvalue weighted by Crippen LogP contribution is 2.47. The predicted octanol–water partition coefficient (Wildman–Crippen LogP) is 6.81. The molecule has 0 aliphatic heterocycles. The second-order valence-corrected chi connectivity index (χ2v) is 8.21. The Kier molecular flexibility index (Phi) is 7.64. The number of carbonyl (C=O) groups is 1. The molecule has 12 heteroatoms. The van der Waals surface area contributed by atoms with Crippen molar-refractivity contribution in [3.63, 3.8) is 0 Å². The van der Waals surface area contributed by atoms with Crippen LogP contribution in [-0.4, -0.2) is 24.3 Å². The van der Waals surface area contributed by atoms with E-state index in [1.54, 1.807) is 0 Å². The minimum Gasteiger partial charge on any atom is -0.372 e. The summed E-state index contributed by atoms with van der Waals surface area (Å²) in [6, 6.07) is 9.88. The first-order valence-electron chi connectivity index (χ1n) is 9.33. The summed E-state index contributed by atoms with van der Waals surface area (Å²) < 4.78 is 56.6. The van der Waals surface area contributed by atoms with E-state index in [1.807, 2.05) is 0 Å². The van der Waals surface area contributed by atoms with Crippen LogP contribution in [0.2, 0.25) is 15.1 Å². The number of carbonyl (C=O) groups excluding carboxylic acids is 1. The summed E-state index contributed by atoms with van der Waals surface area (Å²) in [5.41, 5.74) is -3.26. The van der Waals surface area contributed by atoms with E-state index in [1.165, 1.54) is 37.4 Å². The fourth-order valence-electron chi connectivity index (χ4n) is 3.16. The minimum absolute atomic E-state index is 0.124. The number of aliphatic hydroxyl groups is 1. The maximum atomic E-state index is 14.5. The van der Waals surface area contributed by atoms with Crippen molar-refractivity contribution in [2.75, 3.05) is 17.9 Å². The summed E-state index contributed by atoms with van der Waals surface area (Å²) in [6.07, 6.45) is -5.17. The molecule has 0 saturated carbocycles. The maximum Gasteiger partial charge on any atom is 0.425 e. The SMILES string of the molecule is CONc1cccc(C(=O)Nc2c(Cl)cc(C(O)(c3ccc(Cl)cc3)C(F)(F)F)cc2Cl)c1F. The van der Waals surface area contributed by atoms with E-state index in [0.29, 0.717) is 0 Å². The lowest BCUT2D eigenvalue weighted by Crippen LogP contribution is -2.43. The van der Waals surface area contributed by atoms with Gasteiger partial charge in [-0.3, -0.25) is 15.1 Å². The van der Waals surface area contributed by atoms with Gasteiger partial charge in [0, 0.05) is 10.6 Å². The van der Waals surface area contributed by atoms with Gasteiger partial charge in [0.15, 0.2) is 5.82 Å². The van der Waals surface area contributed by atoms with Gasteiger partial charge in [0.1, 0.15) is 0 Å². The van der Waals surface area contributed by atoms with Gasteiger partial charge in [-0.1, -0.05) is 53.0 Å². The molecule has 0 aliphatic rings. The highest BCUT2D eigenvalue weighted by Gasteiger charge is 2.56. The van der Waals surface area contributed by atoms with Crippen LogP contribution in [0.15, 0.2) is 54.6 Å². The molecule has 0 spiro atoms. The van der Waals surface area contributed by atoms with Crippen molar-refractivity contribution in [2.45, 2.75) is 11.8 Å². The Hall–Kier alpha value is -2.56. The number of hydrogen-bond acceptors (Lipinski definition) is 4. The molecule has 1 amide bonds. The quantitative estimate of drug-likeness (QED) is 0.239. The molecule has 1 atom stereocenters. The molecular formula is C22H15Cl3F4N2O3. The fourth-order valence-corrected chi connectivity index (χ4v) is 3.87. The lowest BCUT2D eigenvalue weighted by molar-refractivity contribution is -0.248. The zero-order valence-corrected chi connectivity index (χ0v) is 19.4. The summed E-state index contributed by atoms with van der Waals surface area (Å²) in [6.45, 7) is 0. The largest absolute Gasteiger partial charge is 0.425 e. The third-order valence-electron chi connectivity index (χ3n) is 4.83. The lowest BCUT2D eigenvalue weighted by atomic mass is 9.85. The third-order valence-corrected chi connectivity index (χ3v) is 5.67. The molecule has 0 heterocycles. The van der Waals surface area contributed by atoms with Crippen LogP contribution < -0.4 is 10.8 Å². The molecule has 0 saturated heterocycles. The van der Waals surface area contributed by atoms with Crippen molar-refractivity contribution in [3.05, 3.63) is 92.2 Å². The summed E-state index contributed by atoms with van der Waals surface area (Å²) in [4.78, 5) is 17.2. The van der Waals surface area contributed by atoms with Crippen molar-refractivity contribution in [3.8, 4) is 0 Å². The topological polar surface area (TPSA) is 70.6 Å². The van der Waals surface area contributed by atoms with Crippen LogP contribution in [0.4, 0.5) is 28.9 Å². The molecule has 0 aromatic heterocycles. The van der Waals surface area contributed by atoms with Crippen LogP contribution in [0, 0.1) is 5.82 Å². The van der Waals surface area contributed by atoms with Crippen molar-refractivity contribution >= 4 is 52.1 Å². The second-order valence-electron chi connectivity index (χ2n) is 6.96. The van der Waals surface area contributed by atoms with E-state index >= 15 is 0 Å². The van der Waals surface area contributed by atoms with E-state index < -0.39 is 50.2 Å². The molecular weight excluding hydrogens is 523 g/mol. The molecule has 0 radical (unpaired) electrons. The highest BCUT2D eigenvalue weighted by molar-refractivity contribution is 6.40. The van der Waals surface area contributed by atoms with Crippen LogP contribution in [0.1, 0.15) is 21.5 Å². The predicted molar refractivity (Wildman–Crippen MR) is 122 cm³/mol. The van der Waals surface area contributed by atoms with Crippen LogP contribution >= 0.6 is 34.8 Å². The van der Waals surface area contributed by atoms with Gasteiger partial charge >= 0.3 is 6.18 Å². The number of alkyl halides is 3. The Morgan fingerprint density at radius 2 is 1.56 bits per heavy atom. The molecule has 0 aliphatic carbocycles. The van der Waals surface area contributed by atoms with Gasteiger partial charge in [0.2, 0.25) is 5.60 Å². The highest BCUT2D eigenvalue weighted by atomic mass is 35.5. The normalized spacial score (nSPS) is 13.3. The Labute approximate surface area is 206 Å². The summed E-state index contributed by atoms with van der Waals surface area (Å²) in [5.74, 6) is -1.92. The molecule has 1 unspecified atom stereocenters. The van der Waals surface area contributed by atoms with Crippen LogP contribution in [0.5, 0.6) is 0 Å². The van der Waals surface area contributed by atoms with Gasteiger partial charge in [0.25, 0.3) is 5.91 Å². The summed E-state index contributed by atoms with van der Waals surface area (Å²) >= 11 is 18.0. The van der Waals surface area contributed by atoms with Crippen molar-refractivity contribution in [2.24, 2.45) is 0 Å². The molecule has 0 fully saturated rings. The van der Waals surface area contributed by atoms with Crippen LogP contribution in [-0.2, 0) is 10.4 Å². The molecule has 5 nitrogen and oxygen atoms in total. The molecule has 0 bridgehead atoms. The molecule has 3 N–H and O–H groups in total. The molecule has 3 rings (SSSR count). The van der Waals surface area contributed by atoms with Crippen molar-refractivity contribution < 1.29 is 32.3 Å². The van der Waals surface area contributed by atoms with Gasteiger partial charge in [-0.2, -0.15) is 13.2 Å². The van der Waals surface area contributed by atoms with E-state index in [-0.39, 0.29) is 16.4 Å². The first kappa shape index (κ1) is 26.1. The average Bonchev–Trinajstić information content (AvgIpc) is 2.76. The van der Waals surface area contributed by atoms with Crippen molar-refractivity contribution in [1.29, 1.82) is 0 Å². The molecule has 34 heavy (non-hydrogen) atoms. The van der Waals surface area contributed by atoms with E-state index in [9.17, 15) is 27.5 Å². The van der Waals surface area contributed by atoms with Crippen LogP contribution in [0.25, 0.3) is 0 Å². The van der Waals surface area contributed by atoms with E-state index in [0.717, 1.165) is 24.3 Å². The van der Waals surface area contributed by atoms with Crippen molar-refractivity contribution in [1.82, 2.24) is 0 Å². The number of hydrogen-bond donors (Lipinski definition) is 3. The number of nitrogens with one attached hydrogen (secondary N) is 2. The number of benzene rings is 3. The molecule has 180 valence electrons. The zero-order valence-electron chi connectivity index (χ0n) is 17.1. The third kappa shape index (κ3) is 4.94. The number of halogens is 7. The van der Waals surface area contributed by atoms with Gasteiger partial charge in [-0.25, -0.2) is 4.39 Å². The Morgan fingerprint density at radius 1 is 0.971 bits per heavy atom. The number of amides is 1. The second kappa shape index (κ2) is 9.97. The minimum atomic E-state index is -5.17. The lowest BCUT2D eigenvalue weighted by Gasteiger charge is -2.32. The van der Waals surface area contributed by atoms with Gasteiger partial charge in [-0.15, -0.1) is 0 Å².